The second-order valence-corrected chi connectivity index (χ2v) is 7.81. The summed E-state index contributed by atoms with van der Waals surface area (Å²) in [6.45, 7) is 5.33. The average molecular weight is 399 g/mol. The predicted molar refractivity (Wildman–Crippen MR) is 108 cm³/mol. The lowest BCUT2D eigenvalue weighted by atomic mass is 10.1. The number of carbonyl (C=O) groups is 1. The highest BCUT2D eigenvalue weighted by Crippen LogP contribution is 2.32. The molecule has 8 heteroatoms. The Balaban J connectivity index is 1.44. The minimum atomic E-state index is -0.130. The largest absolute Gasteiger partial charge is 0.493 e. The molecule has 1 atom stereocenters. The van der Waals surface area contributed by atoms with E-state index in [-0.39, 0.29) is 17.9 Å². The van der Waals surface area contributed by atoms with Crippen LogP contribution in [0.25, 0.3) is 0 Å². The smallest absolute Gasteiger partial charge is 0.223 e. The Morgan fingerprint density at radius 2 is 2.03 bits per heavy atom. The summed E-state index contributed by atoms with van der Waals surface area (Å²) in [7, 11) is 3.33. The van der Waals surface area contributed by atoms with Crippen LogP contribution >= 0.6 is 0 Å². The fraction of sp³-hybridized carbons (Fsp3) is 0.571. The molecule has 1 aliphatic heterocycles. The Morgan fingerprint density at radius 3 is 2.76 bits per heavy atom. The fourth-order valence-corrected chi connectivity index (χ4v) is 3.93. The van der Waals surface area contributed by atoms with Gasteiger partial charge >= 0.3 is 0 Å². The first-order valence-corrected chi connectivity index (χ1v) is 10.2. The quantitative estimate of drug-likeness (QED) is 0.766. The van der Waals surface area contributed by atoms with Crippen molar-refractivity contribution in [2.24, 2.45) is 5.92 Å². The summed E-state index contributed by atoms with van der Waals surface area (Å²) in [5, 5.41) is 11.9. The number of benzene rings is 1. The average Bonchev–Trinajstić information content (AvgIpc) is 3.53. The van der Waals surface area contributed by atoms with Crippen molar-refractivity contribution in [1.82, 2.24) is 25.0 Å². The summed E-state index contributed by atoms with van der Waals surface area (Å²) >= 11 is 0. The number of rotatable bonds is 7. The molecule has 156 valence electrons. The first-order chi connectivity index (χ1) is 14.1. The van der Waals surface area contributed by atoms with Gasteiger partial charge in [0.2, 0.25) is 5.91 Å². The Hall–Kier alpha value is -2.61. The molecule has 1 N–H and O–H groups in total. The van der Waals surface area contributed by atoms with Crippen LogP contribution in [0.1, 0.15) is 43.0 Å². The molecule has 4 rings (SSSR count). The van der Waals surface area contributed by atoms with Crippen molar-refractivity contribution in [2.75, 3.05) is 27.3 Å². The molecule has 0 bridgehead atoms. The van der Waals surface area contributed by atoms with E-state index in [0.29, 0.717) is 0 Å². The lowest BCUT2D eigenvalue weighted by molar-refractivity contribution is -0.123. The van der Waals surface area contributed by atoms with Crippen molar-refractivity contribution < 1.29 is 14.3 Å². The van der Waals surface area contributed by atoms with Crippen LogP contribution in [0.4, 0.5) is 0 Å². The Bertz CT molecular complexity index is 877. The van der Waals surface area contributed by atoms with Gasteiger partial charge in [0.1, 0.15) is 5.82 Å². The van der Waals surface area contributed by atoms with Gasteiger partial charge in [0, 0.05) is 44.1 Å². The van der Waals surface area contributed by atoms with Gasteiger partial charge < -0.3 is 19.4 Å². The SMILES string of the molecule is COc1cccc(CN2CCc3nnc([C@H](C)NC(=O)C4CC4)n3CC2)c1OC. The standard InChI is InChI=1S/C21H29N5O3/c1-14(22-21(27)15-7-8-15)20-24-23-18-9-10-25(11-12-26(18)20)13-16-5-4-6-17(28-2)19(16)29-3/h4-6,14-15H,7-13H2,1-3H3,(H,22,27)/t14-/m0/s1. The number of nitrogens with one attached hydrogen (secondary N) is 1. The monoisotopic (exact) mass is 399 g/mol. The van der Waals surface area contributed by atoms with Gasteiger partial charge in [0.05, 0.1) is 20.3 Å². The van der Waals surface area contributed by atoms with Gasteiger partial charge in [0.15, 0.2) is 17.3 Å². The first kappa shape index (κ1) is 19.7. The Labute approximate surface area is 171 Å². The first-order valence-electron chi connectivity index (χ1n) is 10.2. The third-order valence-corrected chi connectivity index (χ3v) is 5.72. The van der Waals surface area contributed by atoms with E-state index in [9.17, 15) is 4.79 Å². The van der Waals surface area contributed by atoms with Gasteiger partial charge in [-0.2, -0.15) is 0 Å². The van der Waals surface area contributed by atoms with Crippen LogP contribution in [0.15, 0.2) is 18.2 Å². The number of amides is 1. The van der Waals surface area contributed by atoms with E-state index in [2.05, 4.69) is 31.0 Å². The highest BCUT2D eigenvalue weighted by molar-refractivity contribution is 5.81. The molecule has 1 aromatic heterocycles. The van der Waals surface area contributed by atoms with E-state index < -0.39 is 0 Å². The van der Waals surface area contributed by atoms with Crippen LogP contribution in [0, 0.1) is 5.92 Å². The lowest BCUT2D eigenvalue weighted by Crippen LogP contribution is -2.31. The minimum absolute atomic E-state index is 0.130. The van der Waals surface area contributed by atoms with E-state index in [0.717, 1.165) is 74.2 Å². The normalized spacial score (nSPS) is 17.9. The second kappa shape index (κ2) is 8.41. The summed E-state index contributed by atoms with van der Waals surface area (Å²) in [4.78, 5) is 14.5. The van der Waals surface area contributed by atoms with Gasteiger partial charge in [-0.15, -0.1) is 10.2 Å². The van der Waals surface area contributed by atoms with Crippen molar-refractivity contribution >= 4 is 5.91 Å². The summed E-state index contributed by atoms with van der Waals surface area (Å²) in [5.74, 6) is 3.69. The zero-order valence-corrected chi connectivity index (χ0v) is 17.4. The summed E-state index contributed by atoms with van der Waals surface area (Å²) in [6.07, 6.45) is 2.82. The second-order valence-electron chi connectivity index (χ2n) is 7.81. The number of aromatic nitrogens is 3. The van der Waals surface area contributed by atoms with Crippen molar-refractivity contribution in [3.8, 4) is 11.5 Å². The molecule has 1 fully saturated rings. The molecule has 1 amide bonds. The van der Waals surface area contributed by atoms with Crippen molar-refractivity contribution in [3.63, 3.8) is 0 Å². The molecule has 8 nitrogen and oxygen atoms in total. The van der Waals surface area contributed by atoms with Crippen LogP contribution in [-0.2, 0) is 24.3 Å². The number of fused-ring (bicyclic) bond motifs is 1. The number of ether oxygens (including phenoxy) is 2. The number of hydrogen-bond donors (Lipinski definition) is 1. The summed E-state index contributed by atoms with van der Waals surface area (Å²) in [5.41, 5.74) is 1.11. The van der Waals surface area contributed by atoms with E-state index in [4.69, 9.17) is 9.47 Å². The number of para-hydroxylation sites is 1. The number of nitrogens with zero attached hydrogens (tertiary/aromatic N) is 4. The molecule has 2 aliphatic rings. The highest BCUT2D eigenvalue weighted by Gasteiger charge is 2.31. The zero-order chi connectivity index (χ0) is 20.4. The highest BCUT2D eigenvalue weighted by atomic mass is 16.5. The van der Waals surface area contributed by atoms with Crippen molar-refractivity contribution in [3.05, 3.63) is 35.4 Å². The van der Waals surface area contributed by atoms with Gasteiger partial charge in [-0.1, -0.05) is 12.1 Å². The number of methoxy groups -OCH3 is 2. The van der Waals surface area contributed by atoms with Gasteiger partial charge in [-0.3, -0.25) is 9.69 Å². The third-order valence-electron chi connectivity index (χ3n) is 5.72. The van der Waals surface area contributed by atoms with E-state index >= 15 is 0 Å². The Kier molecular flexibility index (Phi) is 5.71. The van der Waals surface area contributed by atoms with E-state index in [1.807, 2.05) is 19.1 Å². The van der Waals surface area contributed by atoms with Crippen LogP contribution in [0.2, 0.25) is 0 Å². The molecule has 29 heavy (non-hydrogen) atoms. The van der Waals surface area contributed by atoms with Gasteiger partial charge in [-0.05, 0) is 25.8 Å². The molecular weight excluding hydrogens is 370 g/mol. The molecule has 0 unspecified atom stereocenters. The van der Waals surface area contributed by atoms with Crippen molar-refractivity contribution in [2.45, 2.75) is 45.3 Å². The third kappa shape index (κ3) is 4.22. The molecule has 0 spiro atoms. The predicted octanol–water partition coefficient (Wildman–Crippen LogP) is 1.94. The summed E-state index contributed by atoms with van der Waals surface area (Å²) < 4.78 is 13.2. The van der Waals surface area contributed by atoms with E-state index in [1.165, 1.54) is 0 Å². The number of hydrogen-bond acceptors (Lipinski definition) is 6. The van der Waals surface area contributed by atoms with Gasteiger partial charge in [0.25, 0.3) is 0 Å². The van der Waals surface area contributed by atoms with E-state index in [1.54, 1.807) is 14.2 Å². The molecule has 0 radical (unpaired) electrons. The molecule has 1 aromatic carbocycles. The zero-order valence-electron chi connectivity index (χ0n) is 17.4. The maximum atomic E-state index is 12.1. The molecule has 1 saturated carbocycles. The molecule has 2 aromatic rings. The van der Waals surface area contributed by atoms with Crippen LogP contribution in [0.5, 0.6) is 11.5 Å². The van der Waals surface area contributed by atoms with Crippen LogP contribution in [-0.4, -0.2) is 52.9 Å². The molecule has 1 aliphatic carbocycles. The maximum Gasteiger partial charge on any atom is 0.223 e. The molecular formula is C21H29N5O3. The molecule has 2 heterocycles. The Morgan fingerprint density at radius 1 is 1.21 bits per heavy atom. The van der Waals surface area contributed by atoms with Crippen LogP contribution in [0.3, 0.4) is 0 Å². The van der Waals surface area contributed by atoms with Crippen LogP contribution < -0.4 is 14.8 Å². The van der Waals surface area contributed by atoms with Gasteiger partial charge in [-0.25, -0.2) is 0 Å². The fourth-order valence-electron chi connectivity index (χ4n) is 3.93. The summed E-state index contributed by atoms with van der Waals surface area (Å²) in [6, 6.07) is 5.85. The maximum absolute atomic E-state index is 12.1. The molecule has 0 saturated heterocycles. The van der Waals surface area contributed by atoms with Crippen molar-refractivity contribution in [1.29, 1.82) is 0 Å². The lowest BCUT2D eigenvalue weighted by Gasteiger charge is -2.22. The topological polar surface area (TPSA) is 81.5 Å². The number of carbonyl (C=O) groups excluding carboxylic acids is 1. The minimum Gasteiger partial charge on any atom is -0.493 e.